The molecule has 0 radical (unpaired) electrons. The summed E-state index contributed by atoms with van der Waals surface area (Å²) in [6.45, 7) is 12.6. The van der Waals surface area contributed by atoms with Crippen molar-refractivity contribution >= 4 is 45.9 Å². The van der Waals surface area contributed by atoms with E-state index in [0.717, 1.165) is 49.8 Å². The lowest BCUT2D eigenvalue weighted by Crippen LogP contribution is -2.49. The van der Waals surface area contributed by atoms with Crippen molar-refractivity contribution < 1.29 is 4.74 Å². The number of aryl methyl sites for hydroxylation is 1. The second-order valence-corrected chi connectivity index (χ2v) is 7.06. The van der Waals surface area contributed by atoms with Crippen LogP contribution in [0.4, 0.5) is 0 Å². The summed E-state index contributed by atoms with van der Waals surface area (Å²) >= 11 is 3.51. The fraction of sp³-hybridized carbons (Fsp3) is 0.611. The average molecular weight is 525 g/mol. The molecule has 142 valence electrons. The predicted octanol–water partition coefficient (Wildman–Crippen LogP) is 3.15. The van der Waals surface area contributed by atoms with E-state index in [0.29, 0.717) is 12.6 Å². The molecule has 0 aromatic heterocycles. The zero-order chi connectivity index (χ0) is 17.4. The standard InChI is InChI=1S/C18H29BrN4O.HI/c1-4-20-18(21-12-15(3)23-7-9-24-10-8-23)22-13-16-5-6-17(19)11-14(16)2;/h5-6,11,15H,4,7-10,12-13H2,1-3H3,(H2,20,21,22);1H. The molecule has 0 amide bonds. The zero-order valence-electron chi connectivity index (χ0n) is 15.3. The molecule has 1 unspecified atom stereocenters. The first-order valence-corrected chi connectivity index (χ1v) is 9.48. The van der Waals surface area contributed by atoms with Crippen LogP contribution >= 0.6 is 39.9 Å². The van der Waals surface area contributed by atoms with Gasteiger partial charge in [0, 0.05) is 36.7 Å². The van der Waals surface area contributed by atoms with Gasteiger partial charge in [-0.1, -0.05) is 22.0 Å². The summed E-state index contributed by atoms with van der Waals surface area (Å²) in [5.74, 6) is 0.875. The molecule has 1 fully saturated rings. The third kappa shape index (κ3) is 7.80. The van der Waals surface area contributed by atoms with Gasteiger partial charge in [-0.3, -0.25) is 4.90 Å². The van der Waals surface area contributed by atoms with Gasteiger partial charge in [-0.15, -0.1) is 24.0 Å². The Morgan fingerprint density at radius 1 is 1.32 bits per heavy atom. The van der Waals surface area contributed by atoms with E-state index >= 15 is 0 Å². The highest BCUT2D eigenvalue weighted by molar-refractivity contribution is 14.0. The smallest absolute Gasteiger partial charge is 0.191 e. The first-order chi connectivity index (χ1) is 11.6. The van der Waals surface area contributed by atoms with Crippen molar-refractivity contribution in [2.24, 2.45) is 4.99 Å². The Labute approximate surface area is 177 Å². The molecular weight excluding hydrogens is 495 g/mol. The van der Waals surface area contributed by atoms with Crippen LogP contribution < -0.4 is 10.6 Å². The van der Waals surface area contributed by atoms with E-state index in [1.165, 1.54) is 11.1 Å². The highest BCUT2D eigenvalue weighted by atomic mass is 127. The molecule has 1 aliphatic rings. The molecule has 2 rings (SSSR count). The molecule has 1 saturated heterocycles. The second kappa shape index (κ2) is 12.1. The van der Waals surface area contributed by atoms with Crippen molar-refractivity contribution in [1.82, 2.24) is 15.5 Å². The topological polar surface area (TPSA) is 48.9 Å². The van der Waals surface area contributed by atoms with Gasteiger partial charge >= 0.3 is 0 Å². The number of benzene rings is 1. The number of hydrogen-bond donors (Lipinski definition) is 2. The Kier molecular flexibility index (Phi) is 11.0. The van der Waals surface area contributed by atoms with E-state index in [9.17, 15) is 0 Å². The van der Waals surface area contributed by atoms with Gasteiger partial charge in [-0.2, -0.15) is 0 Å². The van der Waals surface area contributed by atoms with Gasteiger partial charge in [0.25, 0.3) is 0 Å². The van der Waals surface area contributed by atoms with Crippen LogP contribution in [0, 0.1) is 6.92 Å². The quantitative estimate of drug-likeness (QED) is 0.341. The normalized spacial score (nSPS) is 16.9. The molecule has 0 aliphatic carbocycles. The van der Waals surface area contributed by atoms with Crippen molar-refractivity contribution in [2.75, 3.05) is 39.4 Å². The number of morpholine rings is 1. The minimum atomic E-state index is 0. The molecule has 2 N–H and O–H groups in total. The maximum absolute atomic E-state index is 5.42. The van der Waals surface area contributed by atoms with Crippen LogP contribution in [0.1, 0.15) is 25.0 Å². The molecule has 1 aromatic rings. The molecular formula is C18H30BrIN4O. The van der Waals surface area contributed by atoms with Crippen molar-refractivity contribution in [1.29, 1.82) is 0 Å². The van der Waals surface area contributed by atoms with E-state index in [4.69, 9.17) is 9.73 Å². The van der Waals surface area contributed by atoms with Gasteiger partial charge in [0.05, 0.1) is 19.8 Å². The van der Waals surface area contributed by atoms with Crippen molar-refractivity contribution in [3.63, 3.8) is 0 Å². The van der Waals surface area contributed by atoms with Crippen LogP contribution in [0.15, 0.2) is 27.7 Å². The number of nitrogens with zero attached hydrogens (tertiary/aromatic N) is 2. The van der Waals surface area contributed by atoms with E-state index in [-0.39, 0.29) is 24.0 Å². The van der Waals surface area contributed by atoms with Crippen LogP contribution in [0.3, 0.4) is 0 Å². The molecule has 1 atom stereocenters. The van der Waals surface area contributed by atoms with Gasteiger partial charge in [0.15, 0.2) is 5.96 Å². The van der Waals surface area contributed by atoms with Gasteiger partial charge in [-0.05, 0) is 44.0 Å². The van der Waals surface area contributed by atoms with E-state index in [1.807, 2.05) is 0 Å². The number of rotatable bonds is 6. The number of nitrogens with one attached hydrogen (secondary N) is 2. The lowest BCUT2D eigenvalue weighted by Gasteiger charge is -2.32. The zero-order valence-corrected chi connectivity index (χ0v) is 19.3. The Morgan fingerprint density at radius 3 is 2.68 bits per heavy atom. The number of guanidine groups is 1. The third-order valence-electron chi connectivity index (χ3n) is 4.29. The molecule has 0 spiro atoms. The Bertz CT molecular complexity index is 550. The fourth-order valence-electron chi connectivity index (χ4n) is 2.73. The van der Waals surface area contributed by atoms with Crippen LogP contribution in [-0.2, 0) is 11.3 Å². The van der Waals surface area contributed by atoms with Gasteiger partial charge in [0.2, 0.25) is 0 Å². The molecule has 7 heteroatoms. The van der Waals surface area contributed by atoms with Crippen LogP contribution in [-0.4, -0.2) is 56.3 Å². The number of aliphatic imine (C=N–C) groups is 1. The first-order valence-electron chi connectivity index (χ1n) is 8.69. The number of ether oxygens (including phenoxy) is 1. The van der Waals surface area contributed by atoms with Gasteiger partial charge in [0.1, 0.15) is 0 Å². The summed E-state index contributed by atoms with van der Waals surface area (Å²) in [5.41, 5.74) is 2.50. The summed E-state index contributed by atoms with van der Waals surface area (Å²) < 4.78 is 6.53. The van der Waals surface area contributed by atoms with E-state index in [2.05, 4.69) is 70.4 Å². The number of halogens is 2. The van der Waals surface area contributed by atoms with E-state index in [1.54, 1.807) is 0 Å². The van der Waals surface area contributed by atoms with Crippen LogP contribution in [0.2, 0.25) is 0 Å². The highest BCUT2D eigenvalue weighted by Gasteiger charge is 2.16. The molecule has 1 heterocycles. The largest absolute Gasteiger partial charge is 0.379 e. The average Bonchev–Trinajstić information content (AvgIpc) is 2.59. The van der Waals surface area contributed by atoms with Crippen LogP contribution in [0.5, 0.6) is 0 Å². The second-order valence-electron chi connectivity index (χ2n) is 6.14. The minimum absolute atomic E-state index is 0. The van der Waals surface area contributed by atoms with Gasteiger partial charge < -0.3 is 15.4 Å². The maximum atomic E-state index is 5.42. The molecule has 5 nitrogen and oxygen atoms in total. The van der Waals surface area contributed by atoms with Crippen molar-refractivity contribution in [2.45, 2.75) is 33.4 Å². The molecule has 0 saturated carbocycles. The Hall–Kier alpha value is -0.380. The summed E-state index contributed by atoms with van der Waals surface area (Å²) in [4.78, 5) is 7.18. The summed E-state index contributed by atoms with van der Waals surface area (Å²) in [5, 5.41) is 6.79. The molecule has 1 aromatic carbocycles. The number of hydrogen-bond acceptors (Lipinski definition) is 3. The third-order valence-corrected chi connectivity index (χ3v) is 4.78. The van der Waals surface area contributed by atoms with E-state index < -0.39 is 0 Å². The molecule has 0 bridgehead atoms. The summed E-state index contributed by atoms with van der Waals surface area (Å²) in [7, 11) is 0. The molecule has 1 aliphatic heterocycles. The monoisotopic (exact) mass is 524 g/mol. The van der Waals surface area contributed by atoms with Crippen molar-refractivity contribution in [3.05, 3.63) is 33.8 Å². The summed E-state index contributed by atoms with van der Waals surface area (Å²) in [6, 6.07) is 6.79. The summed E-state index contributed by atoms with van der Waals surface area (Å²) in [6.07, 6.45) is 0. The first kappa shape index (κ1) is 22.7. The SMILES string of the molecule is CCNC(=NCc1ccc(Br)cc1C)NCC(C)N1CCOCC1.I. The fourth-order valence-corrected chi connectivity index (χ4v) is 3.21. The molecule has 25 heavy (non-hydrogen) atoms. The highest BCUT2D eigenvalue weighted by Crippen LogP contribution is 2.16. The predicted molar refractivity (Wildman–Crippen MR) is 119 cm³/mol. The van der Waals surface area contributed by atoms with Crippen LogP contribution in [0.25, 0.3) is 0 Å². The van der Waals surface area contributed by atoms with Crippen molar-refractivity contribution in [3.8, 4) is 0 Å². The minimum Gasteiger partial charge on any atom is -0.379 e. The Balaban J connectivity index is 0.00000312. The lowest BCUT2D eigenvalue weighted by molar-refractivity contribution is 0.0211. The maximum Gasteiger partial charge on any atom is 0.191 e. The van der Waals surface area contributed by atoms with Gasteiger partial charge in [-0.25, -0.2) is 4.99 Å². The lowest BCUT2D eigenvalue weighted by atomic mass is 10.1. The Morgan fingerprint density at radius 2 is 2.04 bits per heavy atom.